The molecule has 2 aromatic rings. The van der Waals surface area contributed by atoms with E-state index in [0.717, 1.165) is 29.6 Å². The summed E-state index contributed by atoms with van der Waals surface area (Å²) in [6, 6.07) is 5.55. The first-order valence-electron chi connectivity index (χ1n) is 7.25. The van der Waals surface area contributed by atoms with Crippen LogP contribution < -0.4 is 0 Å². The van der Waals surface area contributed by atoms with Crippen LogP contribution >= 0.6 is 12.8 Å². The van der Waals surface area contributed by atoms with Crippen LogP contribution in [0.4, 0.5) is 13.2 Å². The van der Waals surface area contributed by atoms with E-state index in [1.165, 1.54) is 16.5 Å². The second kappa shape index (κ2) is 9.03. The highest BCUT2D eigenvalue weighted by atomic mass is 32.1. The highest BCUT2D eigenvalue weighted by Crippen LogP contribution is 2.32. The Morgan fingerprint density at radius 3 is 2.00 bits per heavy atom. The third-order valence-electron chi connectivity index (χ3n) is 2.54. The molecule has 1 aromatic heterocycles. The van der Waals surface area contributed by atoms with Gasteiger partial charge in [0.15, 0.2) is 0 Å². The molecule has 0 spiro atoms. The van der Waals surface area contributed by atoms with E-state index in [0.29, 0.717) is 5.52 Å². The minimum Gasteiger partial charge on any atom is -0.291 e. The van der Waals surface area contributed by atoms with Crippen molar-refractivity contribution in [3.63, 3.8) is 0 Å². The average Bonchev–Trinajstić information content (AvgIpc) is 2.77. The van der Waals surface area contributed by atoms with E-state index in [1.807, 2.05) is 26.8 Å². The highest BCUT2D eigenvalue weighted by molar-refractivity contribution is 7.78. The summed E-state index contributed by atoms with van der Waals surface area (Å²) in [6.45, 7) is 10.2. The van der Waals surface area contributed by atoms with Crippen LogP contribution in [0.1, 0.15) is 52.3 Å². The monoisotopic (exact) mass is 319 g/mol. The minimum atomic E-state index is -4.31. The molecule has 0 amide bonds. The number of halogens is 3. The maximum atomic E-state index is 12.5. The lowest BCUT2D eigenvalue weighted by atomic mass is 10.1. The molecule has 0 aliphatic rings. The molecule has 0 aliphatic heterocycles. The number of hydrogen-bond donors (Lipinski definition) is 1. The zero-order chi connectivity index (χ0) is 16.6. The van der Waals surface area contributed by atoms with Crippen LogP contribution in [-0.2, 0) is 12.6 Å². The highest BCUT2D eigenvalue weighted by Gasteiger charge is 2.30. The van der Waals surface area contributed by atoms with E-state index in [2.05, 4.69) is 26.7 Å². The SMILES string of the molecule is CC.CCC.CCc1cc2ccc(C(F)(F)F)cc2n1S. The molecule has 0 fully saturated rings. The van der Waals surface area contributed by atoms with E-state index in [4.69, 9.17) is 0 Å². The standard InChI is InChI=1S/C11H10F3NS.C3H8.C2H6/c1-2-9-5-7-3-4-8(11(12,13)14)6-10(7)15(9)16;1-3-2;1-2/h3-6,16H,2H2,1H3;3H2,1-2H3;1-2H3. The van der Waals surface area contributed by atoms with Gasteiger partial charge in [-0.15, -0.1) is 0 Å². The van der Waals surface area contributed by atoms with Crippen molar-refractivity contribution in [2.45, 2.75) is 53.6 Å². The van der Waals surface area contributed by atoms with Crippen molar-refractivity contribution in [2.24, 2.45) is 0 Å². The van der Waals surface area contributed by atoms with Crippen LogP contribution in [0, 0.1) is 0 Å². The first-order valence-corrected chi connectivity index (χ1v) is 7.65. The molecule has 1 heterocycles. The summed E-state index contributed by atoms with van der Waals surface area (Å²) >= 11 is 4.19. The Morgan fingerprint density at radius 2 is 1.57 bits per heavy atom. The lowest BCUT2D eigenvalue weighted by Crippen LogP contribution is -2.04. The minimum absolute atomic E-state index is 0.495. The average molecular weight is 319 g/mol. The molecule has 0 N–H and O–H groups in total. The molecule has 21 heavy (non-hydrogen) atoms. The van der Waals surface area contributed by atoms with Crippen LogP contribution in [-0.4, -0.2) is 3.97 Å². The van der Waals surface area contributed by atoms with Crippen molar-refractivity contribution in [3.05, 3.63) is 35.5 Å². The largest absolute Gasteiger partial charge is 0.416 e. The van der Waals surface area contributed by atoms with Crippen molar-refractivity contribution in [2.75, 3.05) is 0 Å². The smallest absolute Gasteiger partial charge is 0.291 e. The molecule has 0 radical (unpaired) electrons. The van der Waals surface area contributed by atoms with Crippen LogP contribution in [0.25, 0.3) is 10.9 Å². The number of alkyl halides is 3. The van der Waals surface area contributed by atoms with Gasteiger partial charge in [0.1, 0.15) is 0 Å². The molecule has 0 atom stereocenters. The summed E-state index contributed by atoms with van der Waals surface area (Å²) in [5.41, 5.74) is 0.753. The fourth-order valence-electron chi connectivity index (χ4n) is 1.67. The number of benzene rings is 1. The van der Waals surface area contributed by atoms with Crippen molar-refractivity contribution in [3.8, 4) is 0 Å². The molecule has 0 bridgehead atoms. The summed E-state index contributed by atoms with van der Waals surface area (Å²) in [5, 5.41) is 0.778. The molecule has 5 heteroatoms. The number of fused-ring (bicyclic) bond motifs is 1. The zero-order valence-corrected chi connectivity index (χ0v) is 14.1. The Labute approximate surface area is 130 Å². The topological polar surface area (TPSA) is 4.93 Å². The fraction of sp³-hybridized carbons (Fsp3) is 0.500. The summed E-state index contributed by atoms with van der Waals surface area (Å²) in [7, 11) is 0. The Kier molecular flexibility index (Phi) is 8.55. The van der Waals surface area contributed by atoms with E-state index in [-0.39, 0.29) is 0 Å². The Bertz CT molecular complexity index is 544. The number of aryl methyl sites for hydroxylation is 1. The van der Waals surface area contributed by atoms with Crippen molar-refractivity contribution in [1.82, 2.24) is 3.97 Å². The zero-order valence-electron chi connectivity index (χ0n) is 13.3. The fourth-order valence-corrected chi connectivity index (χ4v) is 2.05. The van der Waals surface area contributed by atoms with Gasteiger partial charge < -0.3 is 0 Å². The maximum absolute atomic E-state index is 12.5. The molecule has 1 aromatic carbocycles. The van der Waals surface area contributed by atoms with E-state index >= 15 is 0 Å². The van der Waals surface area contributed by atoms with Gasteiger partial charge in [0.2, 0.25) is 0 Å². The third-order valence-corrected chi connectivity index (χ3v) is 3.01. The lowest BCUT2D eigenvalue weighted by Gasteiger charge is -2.07. The molecule has 120 valence electrons. The number of nitrogens with zero attached hydrogens (tertiary/aromatic N) is 1. The van der Waals surface area contributed by atoms with Crippen LogP contribution in [0.2, 0.25) is 0 Å². The van der Waals surface area contributed by atoms with Gasteiger partial charge >= 0.3 is 6.18 Å². The van der Waals surface area contributed by atoms with E-state index in [9.17, 15) is 13.2 Å². The predicted molar refractivity (Wildman–Crippen MR) is 88.0 cm³/mol. The first-order chi connectivity index (χ1) is 9.85. The summed E-state index contributed by atoms with van der Waals surface area (Å²) in [4.78, 5) is 0. The Balaban J connectivity index is 0.000000713. The lowest BCUT2D eigenvalue weighted by molar-refractivity contribution is -0.137. The molecule has 0 saturated heterocycles. The number of hydrogen-bond acceptors (Lipinski definition) is 1. The van der Waals surface area contributed by atoms with Gasteiger partial charge in [0.05, 0.1) is 11.1 Å². The molecular formula is C16H24F3NS. The molecular weight excluding hydrogens is 295 g/mol. The number of rotatable bonds is 1. The molecule has 2 rings (SSSR count). The van der Waals surface area contributed by atoms with Crippen molar-refractivity contribution >= 4 is 23.7 Å². The van der Waals surface area contributed by atoms with Gasteiger partial charge in [-0.05, 0) is 24.6 Å². The van der Waals surface area contributed by atoms with Crippen molar-refractivity contribution in [1.29, 1.82) is 0 Å². The van der Waals surface area contributed by atoms with Crippen LogP contribution in [0.15, 0.2) is 24.3 Å². The Morgan fingerprint density at radius 1 is 1.05 bits per heavy atom. The second-order valence-electron chi connectivity index (χ2n) is 4.28. The number of thiol groups is 1. The third kappa shape index (κ3) is 5.30. The van der Waals surface area contributed by atoms with Gasteiger partial charge in [-0.2, -0.15) is 13.2 Å². The number of aromatic nitrogens is 1. The van der Waals surface area contributed by atoms with Crippen LogP contribution in [0.3, 0.4) is 0 Å². The van der Waals surface area contributed by atoms with E-state index in [1.54, 1.807) is 0 Å². The van der Waals surface area contributed by atoms with Gasteiger partial charge in [-0.25, -0.2) is 0 Å². The van der Waals surface area contributed by atoms with Gasteiger partial charge in [0, 0.05) is 11.1 Å². The van der Waals surface area contributed by atoms with E-state index < -0.39 is 11.7 Å². The maximum Gasteiger partial charge on any atom is 0.416 e. The molecule has 0 aliphatic carbocycles. The summed E-state index contributed by atoms with van der Waals surface area (Å²) in [5.74, 6) is 0. The predicted octanol–water partition coefficient (Wildman–Crippen LogP) is 6.36. The second-order valence-corrected chi connectivity index (χ2v) is 4.68. The quantitative estimate of drug-likeness (QED) is 0.584. The summed E-state index contributed by atoms with van der Waals surface area (Å²) < 4.78 is 39.0. The summed E-state index contributed by atoms with van der Waals surface area (Å²) in [6.07, 6.45) is -2.32. The molecule has 0 unspecified atom stereocenters. The molecule has 0 saturated carbocycles. The van der Waals surface area contributed by atoms with Crippen LogP contribution in [0.5, 0.6) is 0 Å². The van der Waals surface area contributed by atoms with Gasteiger partial charge in [-0.3, -0.25) is 3.97 Å². The van der Waals surface area contributed by atoms with Crippen molar-refractivity contribution < 1.29 is 13.2 Å². The Hall–Kier alpha value is -1.10. The van der Waals surface area contributed by atoms with Gasteiger partial charge in [0.25, 0.3) is 0 Å². The molecule has 1 nitrogen and oxygen atoms in total. The normalized spacial score (nSPS) is 10.5. The first kappa shape index (κ1) is 19.9. The van der Waals surface area contributed by atoms with Gasteiger partial charge in [-0.1, -0.05) is 59.9 Å².